The molecule has 2 aromatic rings. The second-order valence-electron chi connectivity index (χ2n) is 3.86. The molecular weight excluding hydrogens is 232 g/mol. The van der Waals surface area contributed by atoms with Crippen LogP contribution in [0, 0.1) is 6.92 Å². The van der Waals surface area contributed by atoms with Gasteiger partial charge < -0.3 is 20.2 Å². The van der Waals surface area contributed by atoms with Gasteiger partial charge in [0.15, 0.2) is 0 Å². The topological polar surface area (TPSA) is 77.5 Å². The number of amides is 1. The zero-order valence-electron chi connectivity index (χ0n) is 10.2. The average Bonchev–Trinajstić information content (AvgIpc) is 2.78. The van der Waals surface area contributed by atoms with E-state index in [2.05, 4.69) is 5.32 Å². The van der Waals surface area contributed by atoms with Crippen molar-refractivity contribution in [1.29, 1.82) is 0 Å². The lowest BCUT2D eigenvalue weighted by Gasteiger charge is -2.09. The molecule has 1 amide bonds. The highest BCUT2D eigenvalue weighted by Crippen LogP contribution is 2.27. The molecule has 1 aromatic carbocycles. The molecule has 5 nitrogen and oxygen atoms in total. The number of carbonyl (C=O) groups is 1. The van der Waals surface area contributed by atoms with Crippen molar-refractivity contribution >= 4 is 17.3 Å². The fourth-order valence-corrected chi connectivity index (χ4v) is 1.57. The van der Waals surface area contributed by atoms with E-state index >= 15 is 0 Å². The van der Waals surface area contributed by atoms with Crippen molar-refractivity contribution in [2.24, 2.45) is 0 Å². The number of anilines is 2. The molecule has 18 heavy (non-hydrogen) atoms. The Morgan fingerprint density at radius 1 is 1.39 bits per heavy atom. The smallest absolute Gasteiger partial charge is 0.259 e. The van der Waals surface area contributed by atoms with Crippen LogP contribution in [0.1, 0.15) is 16.1 Å². The molecule has 0 bridgehead atoms. The van der Waals surface area contributed by atoms with Crippen molar-refractivity contribution in [2.75, 3.05) is 18.2 Å². The summed E-state index contributed by atoms with van der Waals surface area (Å²) in [5.41, 5.74) is 7.24. The molecule has 94 valence electrons. The number of nitrogen functional groups attached to an aromatic ring is 1. The molecule has 0 fully saturated rings. The van der Waals surface area contributed by atoms with E-state index in [9.17, 15) is 4.79 Å². The summed E-state index contributed by atoms with van der Waals surface area (Å²) in [5.74, 6) is 0.947. The van der Waals surface area contributed by atoms with Gasteiger partial charge in [-0.3, -0.25) is 4.79 Å². The lowest BCUT2D eigenvalue weighted by molar-refractivity contribution is 0.102. The van der Waals surface area contributed by atoms with Gasteiger partial charge in [0.05, 0.1) is 18.4 Å². The molecule has 0 saturated heterocycles. The van der Waals surface area contributed by atoms with E-state index in [0.29, 0.717) is 28.4 Å². The maximum Gasteiger partial charge on any atom is 0.259 e. The zero-order chi connectivity index (χ0) is 13.1. The van der Waals surface area contributed by atoms with Gasteiger partial charge in [-0.25, -0.2) is 0 Å². The maximum atomic E-state index is 11.9. The molecule has 0 aliphatic rings. The minimum Gasteiger partial charge on any atom is -0.494 e. The third-order valence-electron chi connectivity index (χ3n) is 2.47. The van der Waals surface area contributed by atoms with Crippen LogP contribution >= 0.6 is 0 Å². The van der Waals surface area contributed by atoms with Crippen LogP contribution in [-0.2, 0) is 0 Å². The Balaban J connectivity index is 2.21. The summed E-state index contributed by atoms with van der Waals surface area (Å²) in [6, 6.07) is 6.70. The molecule has 0 aliphatic heterocycles. The summed E-state index contributed by atoms with van der Waals surface area (Å²) in [4.78, 5) is 11.9. The quantitative estimate of drug-likeness (QED) is 0.815. The first-order valence-corrected chi connectivity index (χ1v) is 5.40. The van der Waals surface area contributed by atoms with Gasteiger partial charge in [-0.1, -0.05) is 0 Å². The van der Waals surface area contributed by atoms with Gasteiger partial charge in [-0.15, -0.1) is 0 Å². The second kappa shape index (κ2) is 4.83. The van der Waals surface area contributed by atoms with Crippen LogP contribution in [0.15, 0.2) is 34.9 Å². The Hall–Kier alpha value is -2.43. The van der Waals surface area contributed by atoms with Gasteiger partial charge in [0, 0.05) is 11.8 Å². The number of hydrogen-bond donors (Lipinski definition) is 2. The summed E-state index contributed by atoms with van der Waals surface area (Å²) >= 11 is 0. The highest BCUT2D eigenvalue weighted by atomic mass is 16.5. The first-order chi connectivity index (χ1) is 8.60. The zero-order valence-corrected chi connectivity index (χ0v) is 10.2. The first-order valence-electron chi connectivity index (χ1n) is 5.40. The molecule has 0 saturated carbocycles. The van der Waals surface area contributed by atoms with Crippen LogP contribution in [0.2, 0.25) is 0 Å². The Bertz CT molecular complexity index is 575. The highest BCUT2D eigenvalue weighted by Gasteiger charge is 2.11. The maximum absolute atomic E-state index is 11.9. The van der Waals surface area contributed by atoms with Crippen molar-refractivity contribution in [1.82, 2.24) is 0 Å². The number of rotatable bonds is 3. The van der Waals surface area contributed by atoms with E-state index < -0.39 is 0 Å². The number of ether oxygens (including phenoxy) is 1. The molecule has 1 aromatic heterocycles. The van der Waals surface area contributed by atoms with Crippen molar-refractivity contribution < 1.29 is 13.9 Å². The van der Waals surface area contributed by atoms with E-state index in [0.717, 1.165) is 0 Å². The third kappa shape index (κ3) is 2.45. The summed E-state index contributed by atoms with van der Waals surface area (Å²) in [6.07, 6.45) is 1.41. The predicted octanol–water partition coefficient (Wildman–Crippen LogP) is 2.43. The highest BCUT2D eigenvalue weighted by molar-refractivity contribution is 6.05. The Morgan fingerprint density at radius 2 is 2.17 bits per heavy atom. The number of furan rings is 1. The average molecular weight is 246 g/mol. The molecule has 0 radical (unpaired) electrons. The van der Waals surface area contributed by atoms with Crippen LogP contribution in [0.25, 0.3) is 0 Å². The van der Waals surface area contributed by atoms with Gasteiger partial charge in [0.25, 0.3) is 5.91 Å². The van der Waals surface area contributed by atoms with E-state index in [1.54, 1.807) is 31.2 Å². The van der Waals surface area contributed by atoms with Crippen LogP contribution in [0.4, 0.5) is 11.4 Å². The molecule has 3 N–H and O–H groups in total. The van der Waals surface area contributed by atoms with Gasteiger partial charge in [-0.2, -0.15) is 0 Å². The molecule has 0 unspecified atom stereocenters. The largest absolute Gasteiger partial charge is 0.494 e. The Morgan fingerprint density at radius 3 is 2.78 bits per heavy atom. The van der Waals surface area contributed by atoms with Gasteiger partial charge in [-0.05, 0) is 25.1 Å². The van der Waals surface area contributed by atoms with E-state index in [-0.39, 0.29) is 5.91 Å². The fourth-order valence-electron chi connectivity index (χ4n) is 1.57. The summed E-state index contributed by atoms with van der Waals surface area (Å²) in [6.45, 7) is 1.78. The SMILES string of the molecule is COc1cc(N)ccc1NC(=O)c1coc(C)c1. The van der Waals surface area contributed by atoms with Crippen molar-refractivity contribution in [3.63, 3.8) is 0 Å². The summed E-state index contributed by atoms with van der Waals surface area (Å²) in [5, 5.41) is 2.74. The number of carbonyl (C=O) groups excluding carboxylic acids is 1. The summed E-state index contributed by atoms with van der Waals surface area (Å²) < 4.78 is 10.2. The molecule has 0 atom stereocenters. The van der Waals surface area contributed by atoms with Crippen molar-refractivity contribution in [3.8, 4) is 5.75 Å². The second-order valence-corrected chi connectivity index (χ2v) is 3.86. The normalized spacial score (nSPS) is 10.1. The Labute approximate surface area is 105 Å². The fraction of sp³-hybridized carbons (Fsp3) is 0.154. The molecule has 0 aliphatic carbocycles. The number of nitrogens with one attached hydrogen (secondary N) is 1. The minimum absolute atomic E-state index is 0.255. The molecule has 0 spiro atoms. The van der Waals surface area contributed by atoms with E-state index in [1.165, 1.54) is 13.4 Å². The lowest BCUT2D eigenvalue weighted by Crippen LogP contribution is -2.11. The molecule has 5 heteroatoms. The van der Waals surface area contributed by atoms with Gasteiger partial charge in [0.2, 0.25) is 0 Å². The number of nitrogens with two attached hydrogens (primary N) is 1. The van der Waals surface area contributed by atoms with Crippen molar-refractivity contribution in [3.05, 3.63) is 41.9 Å². The van der Waals surface area contributed by atoms with Gasteiger partial charge in [0.1, 0.15) is 17.8 Å². The van der Waals surface area contributed by atoms with Crippen LogP contribution < -0.4 is 15.8 Å². The number of aryl methyl sites for hydroxylation is 1. The third-order valence-corrected chi connectivity index (χ3v) is 2.47. The number of benzene rings is 1. The minimum atomic E-state index is -0.255. The van der Waals surface area contributed by atoms with Crippen molar-refractivity contribution in [2.45, 2.75) is 6.92 Å². The van der Waals surface area contributed by atoms with Gasteiger partial charge >= 0.3 is 0 Å². The number of methoxy groups -OCH3 is 1. The summed E-state index contributed by atoms with van der Waals surface area (Å²) in [7, 11) is 1.52. The Kier molecular flexibility index (Phi) is 3.23. The predicted molar refractivity (Wildman–Crippen MR) is 68.8 cm³/mol. The number of hydrogen-bond acceptors (Lipinski definition) is 4. The van der Waals surface area contributed by atoms with Crippen LogP contribution in [0.5, 0.6) is 5.75 Å². The standard InChI is InChI=1S/C13H14N2O3/c1-8-5-9(7-18-8)13(16)15-11-4-3-10(14)6-12(11)17-2/h3-7H,14H2,1-2H3,(H,15,16). The van der Waals surface area contributed by atoms with Crippen LogP contribution in [0.3, 0.4) is 0 Å². The first kappa shape index (κ1) is 12.0. The van der Waals surface area contributed by atoms with Crippen LogP contribution in [-0.4, -0.2) is 13.0 Å². The monoisotopic (exact) mass is 246 g/mol. The van der Waals surface area contributed by atoms with E-state index in [1.807, 2.05) is 0 Å². The molecule has 1 heterocycles. The molecule has 2 rings (SSSR count). The molecular formula is C13H14N2O3. The lowest BCUT2D eigenvalue weighted by atomic mass is 10.2. The van der Waals surface area contributed by atoms with E-state index in [4.69, 9.17) is 14.9 Å².